The van der Waals surface area contributed by atoms with Crippen LogP contribution in [0, 0.1) is 0 Å². The number of likely N-dealkylation sites (tertiary alicyclic amines) is 1. The van der Waals surface area contributed by atoms with Crippen molar-refractivity contribution in [2.24, 2.45) is 0 Å². The predicted molar refractivity (Wildman–Crippen MR) is 133 cm³/mol. The fourth-order valence-electron chi connectivity index (χ4n) is 4.33. The van der Waals surface area contributed by atoms with Gasteiger partial charge in [0.15, 0.2) is 0 Å². The van der Waals surface area contributed by atoms with Gasteiger partial charge in [-0.15, -0.1) is 0 Å². The Balaban J connectivity index is 1.53. The van der Waals surface area contributed by atoms with Gasteiger partial charge in [0.05, 0.1) is 0 Å². The van der Waals surface area contributed by atoms with E-state index in [4.69, 9.17) is 4.74 Å². The Morgan fingerprint density at radius 2 is 1.24 bits per heavy atom. The molecule has 34 heavy (non-hydrogen) atoms. The molecule has 5 nitrogen and oxygen atoms in total. The summed E-state index contributed by atoms with van der Waals surface area (Å²) in [5, 5.41) is 0. The second kappa shape index (κ2) is 12.1. The number of rotatable bonds is 9. The molecule has 0 spiro atoms. The van der Waals surface area contributed by atoms with Gasteiger partial charge < -0.3 is 9.64 Å². The van der Waals surface area contributed by atoms with Gasteiger partial charge in [0, 0.05) is 45.1 Å². The second-order valence-corrected chi connectivity index (χ2v) is 8.82. The van der Waals surface area contributed by atoms with Crippen LogP contribution in [0.15, 0.2) is 91.0 Å². The Kier molecular flexibility index (Phi) is 8.47. The number of amides is 1. The fourth-order valence-corrected chi connectivity index (χ4v) is 4.33. The van der Waals surface area contributed by atoms with Crippen molar-refractivity contribution < 1.29 is 14.3 Å². The van der Waals surface area contributed by atoms with Crippen molar-refractivity contribution in [3.8, 4) is 0 Å². The molecule has 4 rings (SSSR count). The smallest absolute Gasteiger partial charge is 0.409 e. The van der Waals surface area contributed by atoms with E-state index in [-0.39, 0.29) is 24.5 Å². The molecule has 1 heterocycles. The van der Waals surface area contributed by atoms with Crippen LogP contribution in [0.2, 0.25) is 0 Å². The Bertz CT molecular complexity index is 989. The second-order valence-electron chi connectivity index (χ2n) is 8.82. The minimum atomic E-state index is -0.329. The van der Waals surface area contributed by atoms with Gasteiger partial charge in [-0.2, -0.15) is 0 Å². The van der Waals surface area contributed by atoms with Crippen LogP contribution >= 0.6 is 0 Å². The van der Waals surface area contributed by atoms with Gasteiger partial charge >= 0.3 is 6.09 Å². The first-order valence-corrected chi connectivity index (χ1v) is 12.0. The molecule has 0 unspecified atom stereocenters. The Morgan fingerprint density at radius 1 is 0.765 bits per heavy atom. The van der Waals surface area contributed by atoms with Crippen LogP contribution < -0.4 is 0 Å². The van der Waals surface area contributed by atoms with Crippen molar-refractivity contribution in [2.75, 3.05) is 19.7 Å². The Hall–Kier alpha value is -3.44. The number of Topliss-reactive ketones (excluding diaryl/α,β-unsaturated/α-hetero) is 1. The summed E-state index contributed by atoms with van der Waals surface area (Å²) < 4.78 is 5.84. The summed E-state index contributed by atoms with van der Waals surface area (Å²) in [7, 11) is 0. The quantitative estimate of drug-likeness (QED) is 0.449. The minimum absolute atomic E-state index is 0.00168. The highest BCUT2D eigenvalue weighted by molar-refractivity contribution is 5.81. The van der Waals surface area contributed by atoms with Gasteiger partial charge in [-0.05, 0) is 23.1 Å². The monoisotopic (exact) mass is 456 g/mol. The van der Waals surface area contributed by atoms with Crippen LogP contribution in [0.1, 0.15) is 29.5 Å². The molecule has 1 amide bonds. The topological polar surface area (TPSA) is 49.9 Å². The number of hydrogen-bond donors (Lipinski definition) is 0. The minimum Gasteiger partial charge on any atom is -0.448 e. The molecule has 0 bridgehead atoms. The lowest BCUT2D eigenvalue weighted by molar-refractivity contribution is -0.121. The maximum atomic E-state index is 12.8. The van der Waals surface area contributed by atoms with E-state index < -0.39 is 0 Å². The zero-order chi connectivity index (χ0) is 23.6. The van der Waals surface area contributed by atoms with Gasteiger partial charge in [-0.3, -0.25) is 9.69 Å². The van der Waals surface area contributed by atoms with Crippen LogP contribution in [0.5, 0.6) is 0 Å². The maximum absolute atomic E-state index is 12.8. The highest BCUT2D eigenvalue weighted by atomic mass is 16.6. The molecule has 3 aromatic rings. The van der Waals surface area contributed by atoms with Crippen molar-refractivity contribution in [1.29, 1.82) is 0 Å². The van der Waals surface area contributed by atoms with E-state index in [1.54, 1.807) is 4.90 Å². The SMILES string of the molecule is O=C1CCN(C(=O)OC[C@@H](Cc2ccccc2)N(Cc2ccccc2)Cc2ccccc2)CC1. The lowest BCUT2D eigenvalue weighted by Crippen LogP contribution is -2.43. The number of carbonyl (C=O) groups excluding carboxylic acids is 2. The third-order valence-electron chi connectivity index (χ3n) is 6.27. The van der Waals surface area contributed by atoms with E-state index >= 15 is 0 Å². The molecular formula is C29H32N2O3. The largest absolute Gasteiger partial charge is 0.448 e. The summed E-state index contributed by atoms with van der Waals surface area (Å²) in [6.07, 6.45) is 1.27. The van der Waals surface area contributed by atoms with Crippen LogP contribution in [0.3, 0.4) is 0 Å². The first-order chi connectivity index (χ1) is 16.7. The van der Waals surface area contributed by atoms with E-state index in [9.17, 15) is 9.59 Å². The maximum Gasteiger partial charge on any atom is 0.409 e. The Labute approximate surface area is 202 Å². The molecule has 1 aliphatic rings. The highest BCUT2D eigenvalue weighted by Gasteiger charge is 2.25. The van der Waals surface area contributed by atoms with E-state index in [0.29, 0.717) is 25.9 Å². The van der Waals surface area contributed by atoms with E-state index in [2.05, 4.69) is 65.6 Å². The molecule has 1 fully saturated rings. The molecule has 0 radical (unpaired) electrons. The number of ketones is 1. The third kappa shape index (κ3) is 7.03. The van der Waals surface area contributed by atoms with Crippen molar-refractivity contribution in [2.45, 2.75) is 38.4 Å². The molecule has 1 aliphatic heterocycles. The van der Waals surface area contributed by atoms with Crippen LogP contribution in [0.25, 0.3) is 0 Å². The van der Waals surface area contributed by atoms with E-state index in [0.717, 1.165) is 19.5 Å². The summed E-state index contributed by atoms with van der Waals surface area (Å²) in [4.78, 5) is 28.4. The number of nitrogens with zero attached hydrogens (tertiary/aromatic N) is 2. The number of hydrogen-bond acceptors (Lipinski definition) is 4. The van der Waals surface area contributed by atoms with Crippen molar-refractivity contribution >= 4 is 11.9 Å². The first kappa shape index (κ1) is 23.7. The molecule has 1 atom stereocenters. The molecular weight excluding hydrogens is 424 g/mol. The normalized spacial score (nSPS) is 14.7. The van der Waals surface area contributed by atoms with Crippen LogP contribution in [-0.4, -0.2) is 47.4 Å². The average Bonchev–Trinajstić information content (AvgIpc) is 2.88. The molecule has 0 N–H and O–H groups in total. The van der Waals surface area contributed by atoms with E-state index in [1.807, 2.05) is 30.3 Å². The fraction of sp³-hybridized carbons (Fsp3) is 0.310. The van der Waals surface area contributed by atoms with Crippen molar-refractivity contribution in [3.63, 3.8) is 0 Å². The summed E-state index contributed by atoms with van der Waals surface area (Å²) in [5.41, 5.74) is 3.65. The molecule has 5 heteroatoms. The van der Waals surface area contributed by atoms with Gasteiger partial charge in [0.1, 0.15) is 12.4 Å². The number of piperidine rings is 1. The molecule has 0 aliphatic carbocycles. The summed E-state index contributed by atoms with van der Waals surface area (Å²) in [5.74, 6) is 0.211. The van der Waals surface area contributed by atoms with Crippen molar-refractivity contribution in [1.82, 2.24) is 9.80 Å². The van der Waals surface area contributed by atoms with Gasteiger partial charge in [0.2, 0.25) is 0 Å². The molecule has 0 saturated carbocycles. The Morgan fingerprint density at radius 3 is 1.74 bits per heavy atom. The van der Waals surface area contributed by atoms with Gasteiger partial charge in [-0.1, -0.05) is 91.0 Å². The van der Waals surface area contributed by atoms with Gasteiger partial charge in [0.25, 0.3) is 0 Å². The summed E-state index contributed by atoms with van der Waals surface area (Å²) in [6.45, 7) is 2.68. The number of ether oxygens (including phenoxy) is 1. The molecule has 1 saturated heterocycles. The van der Waals surface area contributed by atoms with E-state index in [1.165, 1.54) is 16.7 Å². The standard InChI is InChI=1S/C29H32N2O3/c32-28-16-18-30(19-17-28)29(33)34-23-27(20-24-10-4-1-5-11-24)31(21-25-12-6-2-7-13-25)22-26-14-8-3-9-15-26/h1-15,27H,16-23H2/t27-/m1/s1. The molecule has 0 aromatic heterocycles. The van der Waals surface area contributed by atoms with Crippen LogP contribution in [0.4, 0.5) is 4.79 Å². The third-order valence-corrected chi connectivity index (χ3v) is 6.27. The molecule has 176 valence electrons. The number of carbonyl (C=O) groups is 2. The average molecular weight is 457 g/mol. The summed E-state index contributed by atoms with van der Waals surface area (Å²) >= 11 is 0. The predicted octanol–water partition coefficient (Wildman–Crippen LogP) is 5.10. The zero-order valence-corrected chi connectivity index (χ0v) is 19.5. The van der Waals surface area contributed by atoms with Crippen molar-refractivity contribution in [3.05, 3.63) is 108 Å². The number of benzene rings is 3. The van der Waals surface area contributed by atoms with Crippen LogP contribution in [-0.2, 0) is 29.0 Å². The molecule has 3 aromatic carbocycles. The highest BCUT2D eigenvalue weighted by Crippen LogP contribution is 2.18. The van der Waals surface area contributed by atoms with Gasteiger partial charge in [-0.25, -0.2) is 4.79 Å². The lowest BCUT2D eigenvalue weighted by Gasteiger charge is -2.33. The first-order valence-electron chi connectivity index (χ1n) is 12.0. The lowest BCUT2D eigenvalue weighted by atomic mass is 10.0. The summed E-state index contributed by atoms with van der Waals surface area (Å²) in [6, 6.07) is 31.1. The zero-order valence-electron chi connectivity index (χ0n) is 19.5.